The lowest BCUT2D eigenvalue weighted by atomic mass is 9.88. The van der Waals surface area contributed by atoms with Crippen molar-refractivity contribution in [3.05, 3.63) is 29.3 Å². The number of carboxylic acid groups (broad SMARTS) is 1. The molecule has 122 valence electrons. The molecule has 0 fully saturated rings. The topological polar surface area (TPSA) is 72.8 Å². The van der Waals surface area contributed by atoms with Gasteiger partial charge in [0.25, 0.3) is 0 Å². The van der Waals surface area contributed by atoms with Gasteiger partial charge >= 0.3 is 11.9 Å². The van der Waals surface area contributed by atoms with Gasteiger partial charge in [0, 0.05) is 6.42 Å². The average molecular weight is 308 g/mol. The highest BCUT2D eigenvalue weighted by Gasteiger charge is 2.24. The fraction of sp³-hybridized carbons (Fsp3) is 0.529. The van der Waals surface area contributed by atoms with Crippen molar-refractivity contribution in [2.24, 2.45) is 0 Å². The average Bonchev–Trinajstić information content (AvgIpc) is 2.52. The largest absolute Gasteiger partial charge is 0.496 e. The van der Waals surface area contributed by atoms with E-state index in [-0.39, 0.29) is 12.4 Å². The van der Waals surface area contributed by atoms with E-state index in [1.165, 1.54) is 7.11 Å². The summed E-state index contributed by atoms with van der Waals surface area (Å²) >= 11 is 0. The first kappa shape index (κ1) is 18.0. The molecular formula is C17H24O5. The van der Waals surface area contributed by atoms with Crippen molar-refractivity contribution in [1.29, 1.82) is 0 Å². The predicted octanol–water partition coefficient (Wildman–Crippen LogP) is 3.16. The molecule has 0 radical (unpaired) electrons. The number of methoxy groups -OCH3 is 2. The molecule has 1 unspecified atom stereocenters. The third kappa shape index (κ3) is 4.76. The van der Waals surface area contributed by atoms with E-state index in [0.717, 1.165) is 24.0 Å². The maximum absolute atomic E-state index is 11.6. The number of benzene rings is 1. The van der Waals surface area contributed by atoms with Crippen molar-refractivity contribution >= 4 is 11.9 Å². The standard InChI is InChI=1S/C17H24O5/c1-4-5-7-14(17(19)20)12-8-6-9-15(21-2)13(12)10-11-16(18)22-3/h6,8-9,14H,4-5,7,10-11H2,1-3H3,(H,19,20). The number of unbranched alkanes of at least 4 members (excludes halogenated alkanes) is 1. The van der Waals surface area contributed by atoms with Gasteiger partial charge in [-0.05, 0) is 30.0 Å². The van der Waals surface area contributed by atoms with Crippen molar-refractivity contribution in [1.82, 2.24) is 0 Å². The first-order valence-electron chi connectivity index (χ1n) is 7.50. The van der Waals surface area contributed by atoms with Gasteiger partial charge in [-0.1, -0.05) is 31.9 Å². The molecule has 1 atom stereocenters. The van der Waals surface area contributed by atoms with Gasteiger partial charge in [-0.15, -0.1) is 0 Å². The number of aliphatic carboxylic acids is 1. The van der Waals surface area contributed by atoms with Crippen LogP contribution in [0, 0.1) is 0 Å². The number of ether oxygens (including phenoxy) is 2. The molecule has 1 aromatic carbocycles. The molecule has 0 aliphatic carbocycles. The maximum atomic E-state index is 11.6. The summed E-state index contributed by atoms with van der Waals surface area (Å²) in [5.74, 6) is -1.13. The summed E-state index contributed by atoms with van der Waals surface area (Å²) in [6.07, 6.45) is 2.95. The molecule has 5 nitrogen and oxygen atoms in total. The zero-order valence-corrected chi connectivity index (χ0v) is 13.4. The summed E-state index contributed by atoms with van der Waals surface area (Å²) in [6, 6.07) is 5.39. The van der Waals surface area contributed by atoms with Crippen LogP contribution in [-0.2, 0) is 20.7 Å². The van der Waals surface area contributed by atoms with Gasteiger partial charge in [0.1, 0.15) is 5.75 Å². The molecule has 0 aliphatic heterocycles. The number of carbonyl (C=O) groups is 2. The molecule has 1 aromatic rings. The fourth-order valence-corrected chi connectivity index (χ4v) is 2.52. The zero-order chi connectivity index (χ0) is 16.5. The van der Waals surface area contributed by atoms with Crippen LogP contribution in [0.1, 0.15) is 49.7 Å². The van der Waals surface area contributed by atoms with Crippen LogP contribution in [-0.4, -0.2) is 31.3 Å². The highest BCUT2D eigenvalue weighted by molar-refractivity contribution is 5.77. The van der Waals surface area contributed by atoms with E-state index in [1.54, 1.807) is 19.2 Å². The number of carboxylic acids is 1. The van der Waals surface area contributed by atoms with Gasteiger partial charge in [-0.25, -0.2) is 0 Å². The van der Waals surface area contributed by atoms with Gasteiger partial charge in [0.15, 0.2) is 0 Å². The Morgan fingerprint density at radius 3 is 2.55 bits per heavy atom. The molecule has 0 amide bonds. The molecule has 0 saturated carbocycles. The molecule has 0 aromatic heterocycles. The van der Waals surface area contributed by atoms with Crippen LogP contribution in [0.15, 0.2) is 18.2 Å². The lowest BCUT2D eigenvalue weighted by molar-refractivity contribution is -0.140. The number of rotatable bonds is 9. The molecule has 0 aliphatic rings. The number of hydrogen-bond donors (Lipinski definition) is 1. The zero-order valence-electron chi connectivity index (χ0n) is 13.4. The molecule has 0 spiro atoms. The summed E-state index contributed by atoms with van der Waals surface area (Å²) in [5.41, 5.74) is 1.50. The first-order valence-corrected chi connectivity index (χ1v) is 7.50. The normalized spacial score (nSPS) is 11.8. The Kier molecular flexibility index (Phi) is 7.43. The number of esters is 1. The van der Waals surface area contributed by atoms with Gasteiger partial charge in [-0.3, -0.25) is 9.59 Å². The predicted molar refractivity (Wildman–Crippen MR) is 83.2 cm³/mol. The third-order valence-corrected chi connectivity index (χ3v) is 3.72. The van der Waals surface area contributed by atoms with E-state index in [9.17, 15) is 14.7 Å². The van der Waals surface area contributed by atoms with Gasteiger partial charge < -0.3 is 14.6 Å². The van der Waals surface area contributed by atoms with E-state index < -0.39 is 11.9 Å². The van der Waals surface area contributed by atoms with Crippen LogP contribution in [0.4, 0.5) is 0 Å². The summed E-state index contributed by atoms with van der Waals surface area (Å²) in [5, 5.41) is 9.53. The Labute approximate surface area is 131 Å². The van der Waals surface area contributed by atoms with Crippen molar-refractivity contribution in [2.75, 3.05) is 14.2 Å². The van der Waals surface area contributed by atoms with Crippen molar-refractivity contribution < 1.29 is 24.2 Å². The highest BCUT2D eigenvalue weighted by Crippen LogP contribution is 2.32. The lowest BCUT2D eigenvalue weighted by Gasteiger charge is -2.19. The second-order valence-electron chi connectivity index (χ2n) is 5.14. The minimum atomic E-state index is -0.846. The second kappa shape index (κ2) is 9.07. The van der Waals surface area contributed by atoms with Gasteiger partial charge in [-0.2, -0.15) is 0 Å². The smallest absolute Gasteiger partial charge is 0.310 e. The highest BCUT2D eigenvalue weighted by atomic mass is 16.5. The summed E-state index contributed by atoms with van der Waals surface area (Å²) in [6.45, 7) is 2.03. The quantitative estimate of drug-likeness (QED) is 0.709. The molecule has 0 saturated heterocycles. The summed E-state index contributed by atoms with van der Waals surface area (Å²) in [4.78, 5) is 23.0. The fourth-order valence-electron chi connectivity index (χ4n) is 2.52. The Bertz CT molecular complexity index is 510. The Morgan fingerprint density at radius 1 is 1.27 bits per heavy atom. The molecule has 1 rings (SSSR count). The monoisotopic (exact) mass is 308 g/mol. The number of hydrogen-bond acceptors (Lipinski definition) is 4. The maximum Gasteiger partial charge on any atom is 0.310 e. The molecule has 22 heavy (non-hydrogen) atoms. The first-order chi connectivity index (χ1) is 10.5. The van der Waals surface area contributed by atoms with Crippen LogP contribution >= 0.6 is 0 Å². The Hall–Kier alpha value is -2.04. The molecule has 5 heteroatoms. The summed E-state index contributed by atoms with van der Waals surface area (Å²) in [7, 11) is 2.88. The van der Waals surface area contributed by atoms with Crippen LogP contribution in [0.3, 0.4) is 0 Å². The molecule has 1 N–H and O–H groups in total. The van der Waals surface area contributed by atoms with Crippen LogP contribution in [0.2, 0.25) is 0 Å². The van der Waals surface area contributed by atoms with E-state index in [1.807, 2.05) is 13.0 Å². The van der Waals surface area contributed by atoms with Crippen LogP contribution < -0.4 is 4.74 Å². The van der Waals surface area contributed by atoms with Crippen molar-refractivity contribution in [3.8, 4) is 5.75 Å². The molecule has 0 bridgehead atoms. The minimum absolute atomic E-state index is 0.198. The van der Waals surface area contributed by atoms with E-state index in [2.05, 4.69) is 4.74 Å². The molecule has 0 heterocycles. The SMILES string of the molecule is CCCCC(C(=O)O)c1cccc(OC)c1CCC(=O)OC. The van der Waals surface area contributed by atoms with E-state index in [0.29, 0.717) is 18.6 Å². The summed E-state index contributed by atoms with van der Waals surface area (Å²) < 4.78 is 10.0. The molecular weight excluding hydrogens is 284 g/mol. The van der Waals surface area contributed by atoms with Crippen molar-refractivity contribution in [3.63, 3.8) is 0 Å². The third-order valence-electron chi connectivity index (χ3n) is 3.72. The van der Waals surface area contributed by atoms with E-state index >= 15 is 0 Å². The Balaban J connectivity index is 3.14. The van der Waals surface area contributed by atoms with Crippen molar-refractivity contribution in [2.45, 2.75) is 44.9 Å². The van der Waals surface area contributed by atoms with Crippen LogP contribution in [0.25, 0.3) is 0 Å². The van der Waals surface area contributed by atoms with E-state index in [4.69, 9.17) is 4.74 Å². The minimum Gasteiger partial charge on any atom is -0.496 e. The number of carbonyl (C=O) groups excluding carboxylic acids is 1. The van der Waals surface area contributed by atoms with Crippen LogP contribution in [0.5, 0.6) is 5.75 Å². The van der Waals surface area contributed by atoms with Gasteiger partial charge in [0.2, 0.25) is 0 Å². The lowest BCUT2D eigenvalue weighted by Crippen LogP contribution is -2.15. The Morgan fingerprint density at radius 2 is 2.00 bits per heavy atom. The second-order valence-corrected chi connectivity index (χ2v) is 5.14. The van der Waals surface area contributed by atoms with Gasteiger partial charge in [0.05, 0.1) is 20.1 Å².